The molecule has 2 nitrogen and oxygen atoms in total. The van der Waals surface area contributed by atoms with Crippen molar-refractivity contribution in [3.63, 3.8) is 0 Å². The van der Waals surface area contributed by atoms with Gasteiger partial charge in [0, 0.05) is 5.41 Å². The highest BCUT2D eigenvalue weighted by atomic mass is 35.5. The second kappa shape index (κ2) is 3.58. The van der Waals surface area contributed by atoms with E-state index in [0.29, 0.717) is 18.4 Å². The summed E-state index contributed by atoms with van der Waals surface area (Å²) < 4.78 is 5.13. The van der Waals surface area contributed by atoms with E-state index in [4.69, 9.17) is 16.3 Å². The molecule has 0 amide bonds. The Hall–Kier alpha value is -0.500. The monoisotopic (exact) mass is 214 g/mol. The maximum absolute atomic E-state index is 10.9. The van der Waals surface area contributed by atoms with Crippen molar-refractivity contribution in [2.45, 2.75) is 19.8 Å². The molecule has 1 saturated carbocycles. The summed E-state index contributed by atoms with van der Waals surface area (Å²) >= 11 is 5.37. The van der Waals surface area contributed by atoms with Crippen molar-refractivity contribution in [2.24, 2.45) is 17.3 Å². The minimum Gasteiger partial charge on any atom is -0.464 e. The number of ether oxygens (including phenoxy) is 1. The van der Waals surface area contributed by atoms with E-state index in [9.17, 15) is 4.79 Å². The number of allylic oxidation sites excluding steroid dienone is 2. The summed E-state index contributed by atoms with van der Waals surface area (Å²) in [6.45, 7) is 2.72. The number of hydrogen-bond acceptors (Lipinski definition) is 2. The lowest BCUT2D eigenvalue weighted by Gasteiger charge is -2.30. The van der Waals surface area contributed by atoms with E-state index in [0.717, 1.165) is 6.42 Å². The predicted octanol–water partition coefficient (Wildman–Crippen LogP) is 2.37. The minimum atomic E-state index is -0.306. The molecular weight excluding hydrogens is 200 g/mol. The molecule has 0 spiro atoms. The van der Waals surface area contributed by atoms with Crippen molar-refractivity contribution in [1.29, 1.82) is 0 Å². The number of carbonyl (C=O) groups is 1. The van der Waals surface area contributed by atoms with Crippen LogP contribution in [0.25, 0.3) is 0 Å². The van der Waals surface area contributed by atoms with Crippen LogP contribution in [0.2, 0.25) is 0 Å². The molecular formula is C11H15ClO2. The fourth-order valence-electron chi connectivity index (χ4n) is 2.64. The van der Waals surface area contributed by atoms with Gasteiger partial charge >= 0.3 is 5.97 Å². The Morgan fingerprint density at radius 2 is 2.43 bits per heavy atom. The van der Waals surface area contributed by atoms with Gasteiger partial charge in [-0.1, -0.05) is 19.1 Å². The van der Waals surface area contributed by atoms with Crippen LogP contribution in [-0.2, 0) is 9.53 Å². The van der Waals surface area contributed by atoms with E-state index in [1.54, 1.807) is 0 Å². The van der Waals surface area contributed by atoms with Gasteiger partial charge in [-0.25, -0.2) is 0 Å². The SMILES string of the molecule is CC1(COC(=O)CCl)CC2C=CC1C2. The fourth-order valence-corrected chi connectivity index (χ4v) is 2.72. The Bertz CT molecular complexity index is 274. The second-order valence-electron chi connectivity index (χ2n) is 4.64. The highest BCUT2D eigenvalue weighted by Crippen LogP contribution is 2.51. The molecule has 3 heteroatoms. The van der Waals surface area contributed by atoms with Crippen LogP contribution in [0.15, 0.2) is 12.2 Å². The van der Waals surface area contributed by atoms with Gasteiger partial charge in [0.25, 0.3) is 0 Å². The van der Waals surface area contributed by atoms with Crippen LogP contribution < -0.4 is 0 Å². The molecule has 0 aromatic carbocycles. The maximum Gasteiger partial charge on any atom is 0.320 e. The molecule has 0 aromatic heterocycles. The van der Waals surface area contributed by atoms with Crippen molar-refractivity contribution >= 4 is 17.6 Å². The summed E-state index contributed by atoms with van der Waals surface area (Å²) in [6.07, 6.45) is 6.93. The lowest BCUT2D eigenvalue weighted by Crippen LogP contribution is -2.29. The number of hydrogen-bond donors (Lipinski definition) is 0. The third kappa shape index (κ3) is 1.68. The Morgan fingerprint density at radius 1 is 1.64 bits per heavy atom. The number of esters is 1. The molecule has 0 saturated heterocycles. The van der Waals surface area contributed by atoms with Gasteiger partial charge in [-0.05, 0) is 24.7 Å². The number of halogens is 1. The molecule has 2 aliphatic carbocycles. The van der Waals surface area contributed by atoms with Gasteiger partial charge < -0.3 is 4.74 Å². The third-order valence-corrected chi connectivity index (χ3v) is 3.69. The van der Waals surface area contributed by atoms with E-state index in [1.165, 1.54) is 6.42 Å². The zero-order chi connectivity index (χ0) is 10.2. The molecule has 2 aliphatic rings. The molecule has 0 radical (unpaired) electrons. The first-order valence-corrected chi connectivity index (χ1v) is 5.57. The van der Waals surface area contributed by atoms with Gasteiger partial charge in [0.15, 0.2) is 0 Å². The average Bonchev–Trinajstić information content (AvgIpc) is 2.74. The van der Waals surface area contributed by atoms with Crippen molar-refractivity contribution in [1.82, 2.24) is 0 Å². The second-order valence-corrected chi connectivity index (χ2v) is 4.91. The lowest BCUT2D eigenvalue weighted by atomic mass is 9.78. The molecule has 2 rings (SSSR count). The van der Waals surface area contributed by atoms with Crippen LogP contribution >= 0.6 is 11.6 Å². The van der Waals surface area contributed by atoms with Gasteiger partial charge in [0.2, 0.25) is 0 Å². The van der Waals surface area contributed by atoms with Crippen LogP contribution in [-0.4, -0.2) is 18.5 Å². The minimum absolute atomic E-state index is 0.0417. The van der Waals surface area contributed by atoms with Crippen LogP contribution in [0.4, 0.5) is 0 Å². The van der Waals surface area contributed by atoms with E-state index in [1.807, 2.05) is 0 Å². The maximum atomic E-state index is 10.9. The van der Waals surface area contributed by atoms with Gasteiger partial charge in [-0.15, -0.1) is 11.6 Å². The van der Waals surface area contributed by atoms with Crippen molar-refractivity contribution in [3.8, 4) is 0 Å². The molecule has 0 aromatic rings. The zero-order valence-electron chi connectivity index (χ0n) is 8.33. The van der Waals surface area contributed by atoms with Crippen LogP contribution in [0.3, 0.4) is 0 Å². The first-order valence-electron chi connectivity index (χ1n) is 5.04. The summed E-state index contributed by atoms with van der Waals surface area (Å²) in [5.74, 6) is 0.954. The van der Waals surface area contributed by atoms with Gasteiger partial charge in [-0.3, -0.25) is 4.79 Å². The van der Waals surface area contributed by atoms with Crippen molar-refractivity contribution in [3.05, 3.63) is 12.2 Å². The molecule has 1 fully saturated rings. The standard InChI is InChI=1S/C11H15ClO2/c1-11(7-14-10(13)6-12)5-8-2-3-9(11)4-8/h2-3,8-9H,4-7H2,1H3. The topological polar surface area (TPSA) is 26.3 Å². The predicted molar refractivity (Wildman–Crippen MR) is 55.1 cm³/mol. The zero-order valence-corrected chi connectivity index (χ0v) is 9.09. The highest BCUT2D eigenvalue weighted by Gasteiger charge is 2.45. The van der Waals surface area contributed by atoms with Crippen molar-refractivity contribution in [2.75, 3.05) is 12.5 Å². The van der Waals surface area contributed by atoms with Gasteiger partial charge in [-0.2, -0.15) is 0 Å². The van der Waals surface area contributed by atoms with Crippen LogP contribution in [0, 0.1) is 17.3 Å². The van der Waals surface area contributed by atoms with E-state index in [-0.39, 0.29) is 17.3 Å². The molecule has 14 heavy (non-hydrogen) atoms. The fraction of sp³-hybridized carbons (Fsp3) is 0.727. The number of alkyl halides is 1. The average molecular weight is 215 g/mol. The first kappa shape index (κ1) is 10.0. The summed E-state index contributed by atoms with van der Waals surface area (Å²) in [5.41, 5.74) is 0.154. The molecule has 0 aliphatic heterocycles. The quantitative estimate of drug-likeness (QED) is 0.410. The van der Waals surface area contributed by atoms with Gasteiger partial charge in [0.1, 0.15) is 5.88 Å². The number of fused-ring (bicyclic) bond motifs is 2. The summed E-state index contributed by atoms with van der Waals surface area (Å²) in [5, 5.41) is 0. The summed E-state index contributed by atoms with van der Waals surface area (Å²) in [6, 6.07) is 0. The van der Waals surface area contributed by atoms with E-state index in [2.05, 4.69) is 19.1 Å². The van der Waals surface area contributed by atoms with E-state index < -0.39 is 0 Å². The molecule has 78 valence electrons. The lowest BCUT2D eigenvalue weighted by molar-refractivity contribution is -0.144. The molecule has 3 unspecified atom stereocenters. The Labute approximate surface area is 89.3 Å². The van der Waals surface area contributed by atoms with Gasteiger partial charge in [0.05, 0.1) is 6.61 Å². The molecule has 0 N–H and O–H groups in total. The molecule has 0 heterocycles. The number of carbonyl (C=O) groups excluding carboxylic acids is 1. The largest absolute Gasteiger partial charge is 0.464 e. The summed E-state index contributed by atoms with van der Waals surface area (Å²) in [4.78, 5) is 10.9. The van der Waals surface area contributed by atoms with Crippen LogP contribution in [0.1, 0.15) is 19.8 Å². The Morgan fingerprint density at radius 3 is 2.93 bits per heavy atom. The number of rotatable bonds is 3. The van der Waals surface area contributed by atoms with E-state index >= 15 is 0 Å². The Kier molecular flexibility index (Phi) is 2.56. The highest BCUT2D eigenvalue weighted by molar-refractivity contribution is 6.26. The normalized spacial score (nSPS) is 39.0. The van der Waals surface area contributed by atoms with Crippen LogP contribution in [0.5, 0.6) is 0 Å². The molecule has 2 bridgehead atoms. The Balaban J connectivity index is 1.91. The van der Waals surface area contributed by atoms with Crippen molar-refractivity contribution < 1.29 is 9.53 Å². The smallest absolute Gasteiger partial charge is 0.320 e. The first-order chi connectivity index (χ1) is 6.64. The molecule has 3 atom stereocenters. The third-order valence-electron chi connectivity index (χ3n) is 3.47. The summed E-state index contributed by atoms with van der Waals surface area (Å²) in [7, 11) is 0.